The van der Waals surface area contributed by atoms with Gasteiger partial charge >= 0.3 is 0 Å². The Balaban J connectivity index is 2.03. The highest BCUT2D eigenvalue weighted by Gasteiger charge is 2.44. The lowest BCUT2D eigenvalue weighted by molar-refractivity contribution is 0.180. The van der Waals surface area contributed by atoms with Gasteiger partial charge in [0.25, 0.3) is 0 Å². The fraction of sp³-hybridized carbons (Fsp3) is 0.833. The van der Waals surface area contributed by atoms with Gasteiger partial charge in [-0.25, -0.2) is 0 Å². The molecule has 2 aliphatic rings. The molecule has 4 atom stereocenters. The third kappa shape index (κ3) is 1.43. The molecule has 1 heteroatoms. The number of hydrogen-bond donors (Lipinski definition) is 0. The highest BCUT2D eigenvalue weighted by atomic mass is 15.2. The molecule has 0 N–H and O–H groups in total. The van der Waals surface area contributed by atoms with Crippen LogP contribution in [0.5, 0.6) is 0 Å². The molecule has 1 saturated carbocycles. The third-order valence-electron chi connectivity index (χ3n) is 4.05. The number of rotatable bonds is 2. The van der Waals surface area contributed by atoms with Crippen molar-refractivity contribution in [2.45, 2.75) is 45.7 Å². The number of nitrogens with zero attached hydrogens (tertiary/aromatic N) is 1. The van der Waals surface area contributed by atoms with E-state index in [1.165, 1.54) is 19.4 Å². The average Bonchev–Trinajstić information content (AvgIpc) is 2.62. The van der Waals surface area contributed by atoms with Crippen molar-refractivity contribution in [3.63, 3.8) is 0 Å². The minimum atomic E-state index is 0.655. The molecule has 1 saturated heterocycles. The predicted molar refractivity (Wildman–Crippen MR) is 56.7 cm³/mol. The van der Waals surface area contributed by atoms with Gasteiger partial charge in [0.05, 0.1) is 0 Å². The minimum absolute atomic E-state index is 0.655. The lowest BCUT2D eigenvalue weighted by Crippen LogP contribution is -2.39. The number of likely N-dealkylation sites (tertiary alicyclic amines) is 1. The van der Waals surface area contributed by atoms with E-state index in [1.54, 1.807) is 0 Å². The van der Waals surface area contributed by atoms with Gasteiger partial charge in [-0.05, 0) is 38.5 Å². The number of piperidine rings is 1. The standard InChI is InChI=1S/C12H21N/c1-4-5-9(2)13-8-11-6-7-12(13)10(11)3/h4-5,9-12H,6-8H2,1-3H3. The molecule has 2 rings (SSSR count). The molecule has 1 nitrogen and oxygen atoms in total. The summed E-state index contributed by atoms with van der Waals surface area (Å²) in [4.78, 5) is 2.69. The van der Waals surface area contributed by atoms with E-state index >= 15 is 0 Å². The van der Waals surface area contributed by atoms with Crippen molar-refractivity contribution >= 4 is 0 Å². The Hall–Kier alpha value is -0.300. The van der Waals surface area contributed by atoms with Crippen molar-refractivity contribution in [1.82, 2.24) is 4.90 Å². The van der Waals surface area contributed by atoms with Crippen LogP contribution in [-0.2, 0) is 0 Å². The Morgan fingerprint density at radius 1 is 1.38 bits per heavy atom. The van der Waals surface area contributed by atoms with E-state index < -0.39 is 0 Å². The molecule has 0 aromatic rings. The van der Waals surface area contributed by atoms with E-state index in [0.29, 0.717) is 6.04 Å². The molecule has 2 bridgehead atoms. The number of allylic oxidation sites excluding steroid dienone is 1. The largest absolute Gasteiger partial charge is 0.294 e. The van der Waals surface area contributed by atoms with Gasteiger partial charge in [0.2, 0.25) is 0 Å². The maximum Gasteiger partial charge on any atom is 0.0252 e. The third-order valence-corrected chi connectivity index (χ3v) is 4.05. The zero-order chi connectivity index (χ0) is 9.42. The van der Waals surface area contributed by atoms with Crippen molar-refractivity contribution in [1.29, 1.82) is 0 Å². The first kappa shape index (κ1) is 9.26. The van der Waals surface area contributed by atoms with Crippen molar-refractivity contribution < 1.29 is 0 Å². The second-order valence-electron chi connectivity index (χ2n) is 4.73. The minimum Gasteiger partial charge on any atom is -0.294 e. The van der Waals surface area contributed by atoms with E-state index in [9.17, 15) is 0 Å². The Morgan fingerprint density at radius 2 is 2.15 bits per heavy atom. The summed E-state index contributed by atoms with van der Waals surface area (Å²) in [6, 6.07) is 1.54. The lowest BCUT2D eigenvalue weighted by Gasteiger charge is -2.31. The van der Waals surface area contributed by atoms with Crippen LogP contribution in [-0.4, -0.2) is 23.5 Å². The highest BCUT2D eigenvalue weighted by molar-refractivity contribution is 5.02. The van der Waals surface area contributed by atoms with Gasteiger partial charge in [-0.3, -0.25) is 4.90 Å². The molecule has 0 amide bonds. The smallest absolute Gasteiger partial charge is 0.0252 e. The van der Waals surface area contributed by atoms with Gasteiger partial charge in [-0.2, -0.15) is 0 Å². The van der Waals surface area contributed by atoms with Crippen molar-refractivity contribution in [2.75, 3.05) is 6.54 Å². The summed E-state index contributed by atoms with van der Waals surface area (Å²) in [7, 11) is 0. The van der Waals surface area contributed by atoms with Gasteiger partial charge < -0.3 is 0 Å². The summed E-state index contributed by atoms with van der Waals surface area (Å²) >= 11 is 0. The van der Waals surface area contributed by atoms with Crippen LogP contribution in [0.2, 0.25) is 0 Å². The molecule has 1 aliphatic heterocycles. The zero-order valence-corrected chi connectivity index (χ0v) is 9.03. The van der Waals surface area contributed by atoms with Crippen LogP contribution in [0.4, 0.5) is 0 Å². The van der Waals surface area contributed by atoms with Gasteiger partial charge in [0.15, 0.2) is 0 Å². The first-order valence-corrected chi connectivity index (χ1v) is 5.62. The molecule has 74 valence electrons. The topological polar surface area (TPSA) is 3.24 Å². The Morgan fingerprint density at radius 3 is 2.62 bits per heavy atom. The van der Waals surface area contributed by atoms with Crippen LogP contribution >= 0.6 is 0 Å². The predicted octanol–water partition coefficient (Wildman–Crippen LogP) is 2.68. The van der Waals surface area contributed by atoms with E-state index in [1.807, 2.05) is 0 Å². The summed E-state index contributed by atoms with van der Waals surface area (Å²) in [5.74, 6) is 1.95. The van der Waals surface area contributed by atoms with Crippen LogP contribution in [0.15, 0.2) is 12.2 Å². The van der Waals surface area contributed by atoms with Crippen LogP contribution in [0.1, 0.15) is 33.6 Å². The second kappa shape index (κ2) is 3.45. The van der Waals surface area contributed by atoms with E-state index in [4.69, 9.17) is 0 Å². The molecule has 0 radical (unpaired) electrons. The molecule has 1 heterocycles. The van der Waals surface area contributed by atoms with Gasteiger partial charge in [-0.1, -0.05) is 19.1 Å². The summed E-state index contributed by atoms with van der Waals surface area (Å²) in [6.07, 6.45) is 7.42. The van der Waals surface area contributed by atoms with Crippen LogP contribution in [0.25, 0.3) is 0 Å². The molecular formula is C12H21N. The normalized spacial score (nSPS) is 41.9. The van der Waals surface area contributed by atoms with Gasteiger partial charge in [0.1, 0.15) is 0 Å². The molecule has 0 aromatic heterocycles. The van der Waals surface area contributed by atoms with E-state index in [0.717, 1.165) is 17.9 Å². The molecular weight excluding hydrogens is 158 g/mol. The number of fused-ring (bicyclic) bond motifs is 2. The monoisotopic (exact) mass is 179 g/mol. The Bertz CT molecular complexity index is 209. The summed E-state index contributed by atoms with van der Waals surface area (Å²) in [6.45, 7) is 8.23. The van der Waals surface area contributed by atoms with Crippen molar-refractivity contribution in [2.24, 2.45) is 11.8 Å². The first-order valence-electron chi connectivity index (χ1n) is 5.62. The molecule has 4 unspecified atom stereocenters. The highest BCUT2D eigenvalue weighted by Crippen LogP contribution is 2.43. The lowest BCUT2D eigenvalue weighted by atomic mass is 10.0. The maximum absolute atomic E-state index is 2.69. The summed E-state index contributed by atoms with van der Waals surface area (Å²) < 4.78 is 0. The molecule has 2 fully saturated rings. The Kier molecular flexibility index (Phi) is 2.46. The first-order chi connectivity index (χ1) is 6.24. The van der Waals surface area contributed by atoms with E-state index in [2.05, 4.69) is 37.8 Å². The zero-order valence-electron chi connectivity index (χ0n) is 9.03. The quantitative estimate of drug-likeness (QED) is 0.589. The summed E-state index contributed by atoms with van der Waals surface area (Å²) in [5, 5.41) is 0. The average molecular weight is 179 g/mol. The van der Waals surface area contributed by atoms with Crippen molar-refractivity contribution in [3.05, 3.63) is 12.2 Å². The second-order valence-corrected chi connectivity index (χ2v) is 4.73. The maximum atomic E-state index is 2.69. The molecule has 0 aromatic carbocycles. The number of hydrogen-bond acceptors (Lipinski definition) is 1. The van der Waals surface area contributed by atoms with E-state index in [-0.39, 0.29) is 0 Å². The van der Waals surface area contributed by atoms with Crippen LogP contribution in [0.3, 0.4) is 0 Å². The van der Waals surface area contributed by atoms with Crippen molar-refractivity contribution in [3.8, 4) is 0 Å². The molecule has 1 aliphatic carbocycles. The van der Waals surface area contributed by atoms with Crippen LogP contribution in [0, 0.1) is 11.8 Å². The summed E-state index contributed by atoms with van der Waals surface area (Å²) in [5.41, 5.74) is 0. The SMILES string of the molecule is CC=CC(C)N1CC2CCC1C2C. The fourth-order valence-electron chi connectivity index (χ4n) is 3.21. The van der Waals surface area contributed by atoms with Gasteiger partial charge in [0, 0.05) is 18.6 Å². The Labute approximate surface area is 81.8 Å². The van der Waals surface area contributed by atoms with Crippen LogP contribution < -0.4 is 0 Å². The molecule has 13 heavy (non-hydrogen) atoms. The van der Waals surface area contributed by atoms with Gasteiger partial charge in [-0.15, -0.1) is 0 Å². The fourth-order valence-corrected chi connectivity index (χ4v) is 3.21. The molecule has 0 spiro atoms.